The van der Waals surface area contributed by atoms with E-state index in [2.05, 4.69) is 10.4 Å². The molecule has 0 spiro atoms. The molecule has 0 saturated heterocycles. The van der Waals surface area contributed by atoms with Gasteiger partial charge in [0, 0.05) is 18.9 Å². The average molecular weight is 685 g/mol. The van der Waals surface area contributed by atoms with Crippen LogP contribution in [0.15, 0.2) is 64.8 Å². The third kappa shape index (κ3) is 9.81. The number of esters is 1. The molecule has 0 aliphatic carbocycles. The predicted molar refractivity (Wildman–Crippen MR) is 160 cm³/mol. The Morgan fingerprint density at radius 1 is 1.11 bits per heavy atom. The van der Waals surface area contributed by atoms with Crippen molar-refractivity contribution in [2.75, 3.05) is 13.7 Å². The SMILES string of the molecule is CCC(=O)OC(C)ON=[N+]([O-])N(C)[C@H](COC(=O)NS(=O)(=O)c1ccc(-n2nc(C(F)(F)F)cc2-c2ccc(C)cc2)cc1)C(C)C. The average Bonchev–Trinajstić information content (AvgIpc) is 3.46. The van der Waals surface area contributed by atoms with Crippen LogP contribution in [0, 0.1) is 18.0 Å². The molecule has 1 heterocycles. The van der Waals surface area contributed by atoms with E-state index in [4.69, 9.17) is 14.3 Å². The highest BCUT2D eigenvalue weighted by molar-refractivity contribution is 7.90. The number of ether oxygens (including phenoxy) is 2. The second kappa shape index (κ2) is 15.1. The van der Waals surface area contributed by atoms with Gasteiger partial charge in [0.2, 0.25) is 5.28 Å². The molecule has 14 nitrogen and oxygen atoms in total. The Hall–Kier alpha value is -4.87. The molecule has 2 aromatic carbocycles. The highest BCUT2D eigenvalue weighted by Gasteiger charge is 2.35. The van der Waals surface area contributed by atoms with Crippen LogP contribution in [-0.4, -0.2) is 66.2 Å². The van der Waals surface area contributed by atoms with Gasteiger partial charge < -0.3 is 14.7 Å². The van der Waals surface area contributed by atoms with Gasteiger partial charge in [-0.1, -0.05) is 50.6 Å². The largest absolute Gasteiger partial charge is 0.569 e. The second-order valence-electron chi connectivity index (χ2n) is 10.6. The first-order valence-electron chi connectivity index (χ1n) is 14.2. The minimum Gasteiger partial charge on any atom is -0.569 e. The van der Waals surface area contributed by atoms with E-state index in [1.807, 2.05) is 6.92 Å². The topological polar surface area (TPSA) is 167 Å². The number of nitrogens with one attached hydrogen (secondary N) is 1. The standard InChI is InChI=1S/C29H35F3N6O8S/c1-7-27(39)45-20(5)46-35-38(41)36(6)25(18(2)3)17-44-28(40)34-47(42,43)23-14-12-22(13-15-23)37-24(16-26(33-37)29(30,31)32)21-10-8-19(4)9-11-21/h8-16,18,20,25H,7,17H2,1-6H3,(H,34,40)/t20?,25-/m1/s1. The van der Waals surface area contributed by atoms with Crippen molar-refractivity contribution in [3.05, 3.63) is 71.1 Å². The molecule has 0 fully saturated rings. The maximum Gasteiger partial charge on any atom is 0.435 e. The Labute approximate surface area is 269 Å². The first-order chi connectivity index (χ1) is 21.9. The lowest BCUT2D eigenvalue weighted by Crippen LogP contribution is -2.45. The van der Waals surface area contributed by atoms with Crippen LogP contribution >= 0.6 is 0 Å². The number of benzene rings is 2. The Bertz CT molecular complexity index is 1680. The van der Waals surface area contributed by atoms with Gasteiger partial charge in [0.15, 0.2) is 5.69 Å². The summed E-state index contributed by atoms with van der Waals surface area (Å²) in [5.41, 5.74) is 0.490. The minimum atomic E-state index is -4.72. The van der Waals surface area contributed by atoms with E-state index in [0.29, 0.717) is 5.56 Å². The number of amides is 1. The molecule has 18 heteroatoms. The molecule has 1 aromatic heterocycles. The maximum absolute atomic E-state index is 13.5. The molecule has 0 aliphatic rings. The Morgan fingerprint density at radius 2 is 1.72 bits per heavy atom. The number of hydrogen-bond donors (Lipinski definition) is 1. The third-order valence-corrected chi connectivity index (χ3v) is 8.04. The van der Waals surface area contributed by atoms with Gasteiger partial charge in [-0.15, -0.1) is 5.01 Å². The number of nitrogens with zero attached hydrogens (tertiary/aromatic N) is 5. The van der Waals surface area contributed by atoms with Crippen LogP contribution in [0.25, 0.3) is 16.9 Å². The summed E-state index contributed by atoms with van der Waals surface area (Å²) in [7, 11) is -3.15. The molecule has 0 aliphatic heterocycles. The zero-order valence-electron chi connectivity index (χ0n) is 26.4. The first-order valence-corrected chi connectivity index (χ1v) is 15.7. The van der Waals surface area contributed by atoms with Crippen LogP contribution in [0.2, 0.25) is 0 Å². The van der Waals surface area contributed by atoms with Gasteiger partial charge in [-0.2, -0.15) is 18.3 Å². The molecule has 1 unspecified atom stereocenters. The Morgan fingerprint density at radius 3 is 2.28 bits per heavy atom. The van der Waals surface area contributed by atoms with E-state index in [0.717, 1.165) is 33.5 Å². The lowest BCUT2D eigenvalue weighted by molar-refractivity contribution is -0.716. The zero-order chi connectivity index (χ0) is 35.1. The molecule has 3 aromatic rings. The van der Waals surface area contributed by atoms with Crippen molar-refractivity contribution in [3.8, 4) is 16.9 Å². The zero-order valence-corrected chi connectivity index (χ0v) is 27.2. The number of alkyl halides is 3. The second-order valence-corrected chi connectivity index (χ2v) is 12.3. The van der Waals surface area contributed by atoms with Crippen LogP contribution in [0.1, 0.15) is 45.4 Å². The van der Waals surface area contributed by atoms with Gasteiger partial charge in [0.25, 0.3) is 16.3 Å². The number of aromatic nitrogens is 2. The van der Waals surface area contributed by atoms with Crippen molar-refractivity contribution < 1.29 is 50.5 Å². The summed E-state index contributed by atoms with van der Waals surface area (Å²) in [5.74, 6) is -0.863. The first kappa shape index (κ1) is 36.6. The van der Waals surface area contributed by atoms with Crippen molar-refractivity contribution in [1.82, 2.24) is 19.5 Å². The smallest absolute Gasteiger partial charge is 0.435 e. The fourth-order valence-corrected chi connectivity index (χ4v) is 4.98. The number of likely N-dealkylation sites (N-methyl/N-ethyl adjacent to an activating group) is 1. The normalized spacial score (nSPS) is 13.5. The van der Waals surface area contributed by atoms with Crippen LogP contribution in [-0.2, 0) is 35.3 Å². The highest BCUT2D eigenvalue weighted by atomic mass is 32.2. The number of carbonyl (C=O) groups is 2. The Balaban J connectivity index is 1.71. The minimum absolute atomic E-state index is 0.0576. The lowest BCUT2D eigenvalue weighted by Gasteiger charge is -2.26. The number of aryl methyl sites for hydroxylation is 1. The van der Waals surface area contributed by atoms with Crippen molar-refractivity contribution in [1.29, 1.82) is 0 Å². The van der Waals surface area contributed by atoms with Gasteiger partial charge in [-0.3, -0.25) is 9.63 Å². The molecular formula is C29H35F3N6O8S. The number of sulfonamides is 1. The fraction of sp³-hybridized carbons (Fsp3) is 0.414. The molecule has 2 atom stereocenters. The summed E-state index contributed by atoms with van der Waals surface area (Å²) in [6.45, 7) is 7.75. The molecule has 0 saturated carbocycles. The summed E-state index contributed by atoms with van der Waals surface area (Å²) in [6, 6.07) is 11.5. The molecule has 0 bridgehead atoms. The third-order valence-electron chi connectivity index (χ3n) is 6.71. The van der Waals surface area contributed by atoms with Gasteiger partial charge in [-0.25, -0.2) is 22.6 Å². The molecule has 3 rings (SSSR count). The van der Waals surface area contributed by atoms with Crippen molar-refractivity contribution in [2.24, 2.45) is 11.2 Å². The van der Waals surface area contributed by atoms with E-state index in [-0.39, 0.29) is 33.6 Å². The molecular weight excluding hydrogens is 649 g/mol. The quantitative estimate of drug-likeness (QED) is 0.0815. The van der Waals surface area contributed by atoms with Crippen LogP contribution in [0.3, 0.4) is 0 Å². The Kier molecular flexibility index (Phi) is 11.8. The number of rotatable bonds is 13. The number of halogens is 3. The maximum atomic E-state index is 13.5. The highest BCUT2D eigenvalue weighted by Crippen LogP contribution is 2.33. The lowest BCUT2D eigenvalue weighted by atomic mass is 10.1. The summed E-state index contributed by atoms with van der Waals surface area (Å²) >= 11 is 0. The van der Waals surface area contributed by atoms with E-state index < -0.39 is 52.9 Å². The molecule has 256 valence electrons. The van der Waals surface area contributed by atoms with Gasteiger partial charge in [0.1, 0.15) is 12.6 Å². The van der Waals surface area contributed by atoms with Crippen molar-refractivity contribution in [2.45, 2.75) is 64.4 Å². The van der Waals surface area contributed by atoms with E-state index in [9.17, 15) is 36.4 Å². The molecule has 1 amide bonds. The van der Waals surface area contributed by atoms with Gasteiger partial charge in [-0.05, 0) is 43.2 Å². The van der Waals surface area contributed by atoms with E-state index in [1.165, 1.54) is 26.1 Å². The summed E-state index contributed by atoms with van der Waals surface area (Å²) < 4.78 is 79.1. The summed E-state index contributed by atoms with van der Waals surface area (Å²) in [6.07, 6.45) is -7.11. The number of carbonyl (C=O) groups excluding carboxylic acids is 2. The predicted octanol–water partition coefficient (Wildman–Crippen LogP) is 5.35. The number of hydrazine groups is 1. The van der Waals surface area contributed by atoms with Gasteiger partial charge >= 0.3 is 18.2 Å². The monoisotopic (exact) mass is 684 g/mol. The molecule has 1 N–H and O–H groups in total. The number of hydrogen-bond acceptors (Lipinski definition) is 10. The van der Waals surface area contributed by atoms with Crippen molar-refractivity contribution in [3.63, 3.8) is 0 Å². The van der Waals surface area contributed by atoms with Crippen LogP contribution < -0.4 is 4.72 Å². The molecule has 0 radical (unpaired) electrons. The van der Waals surface area contributed by atoms with E-state index >= 15 is 0 Å². The van der Waals surface area contributed by atoms with Crippen LogP contribution in [0.4, 0.5) is 18.0 Å². The molecule has 47 heavy (non-hydrogen) atoms. The van der Waals surface area contributed by atoms with Crippen LogP contribution in [0.5, 0.6) is 0 Å². The summed E-state index contributed by atoms with van der Waals surface area (Å²) in [5, 5.41) is 20.4. The van der Waals surface area contributed by atoms with Gasteiger partial charge in [0.05, 0.1) is 28.3 Å². The van der Waals surface area contributed by atoms with Crippen molar-refractivity contribution >= 4 is 22.1 Å². The van der Waals surface area contributed by atoms with E-state index in [1.54, 1.807) is 49.8 Å². The summed E-state index contributed by atoms with van der Waals surface area (Å²) in [4.78, 5) is 28.3. The fourth-order valence-electron chi connectivity index (χ4n) is 4.08.